The number of hydrogen-bond acceptors (Lipinski definition) is 3. The molecular weight excluding hydrogens is 385 g/mol. The fraction of sp³-hybridized carbons (Fsp3) is 0.222. The van der Waals surface area contributed by atoms with Gasteiger partial charge >= 0.3 is 5.97 Å². The molecule has 2 aromatic carbocycles. The molecule has 0 atom stereocenters. The van der Waals surface area contributed by atoms with Crippen molar-refractivity contribution in [1.82, 2.24) is 4.90 Å². The molecule has 132 valence electrons. The molecule has 0 radical (unpaired) electrons. The molecule has 0 heterocycles. The van der Waals surface area contributed by atoms with Gasteiger partial charge in [-0.25, -0.2) is 4.79 Å². The SMILES string of the molecule is Cc1ccccc1CN(C)C(=O)COC(=O)c1c(Cl)ccc(Cl)c1Cl. The zero-order chi connectivity index (χ0) is 18.6. The monoisotopic (exact) mass is 399 g/mol. The Hall–Kier alpha value is -1.75. The van der Waals surface area contributed by atoms with Crippen LogP contribution in [0, 0.1) is 6.92 Å². The zero-order valence-corrected chi connectivity index (χ0v) is 16.0. The molecule has 4 nitrogen and oxygen atoms in total. The maximum absolute atomic E-state index is 12.2. The third-order valence-electron chi connectivity index (χ3n) is 3.67. The minimum absolute atomic E-state index is 0.000111. The van der Waals surface area contributed by atoms with Gasteiger partial charge in [0, 0.05) is 13.6 Å². The number of hydrogen-bond donors (Lipinski definition) is 0. The highest BCUT2D eigenvalue weighted by atomic mass is 35.5. The third kappa shape index (κ3) is 4.88. The zero-order valence-electron chi connectivity index (χ0n) is 13.7. The molecule has 0 unspecified atom stereocenters. The van der Waals surface area contributed by atoms with Crippen LogP contribution in [0.3, 0.4) is 0 Å². The Morgan fingerprint density at radius 1 is 1.04 bits per heavy atom. The van der Waals surface area contributed by atoms with E-state index in [1.54, 1.807) is 7.05 Å². The average Bonchev–Trinajstić information content (AvgIpc) is 2.58. The van der Waals surface area contributed by atoms with Gasteiger partial charge in [-0.3, -0.25) is 4.79 Å². The van der Waals surface area contributed by atoms with Crippen molar-refractivity contribution >= 4 is 46.7 Å². The number of esters is 1. The van der Waals surface area contributed by atoms with E-state index < -0.39 is 12.6 Å². The lowest BCUT2D eigenvalue weighted by molar-refractivity contribution is -0.133. The van der Waals surface area contributed by atoms with Crippen LogP contribution in [0.4, 0.5) is 0 Å². The van der Waals surface area contributed by atoms with E-state index in [9.17, 15) is 9.59 Å². The summed E-state index contributed by atoms with van der Waals surface area (Å²) in [7, 11) is 1.64. The maximum Gasteiger partial charge on any atom is 0.341 e. The number of ether oxygens (including phenoxy) is 1. The largest absolute Gasteiger partial charge is 0.452 e. The number of halogens is 3. The van der Waals surface area contributed by atoms with Gasteiger partial charge in [0.25, 0.3) is 5.91 Å². The number of likely N-dealkylation sites (N-methyl/N-ethyl adjacent to an activating group) is 1. The van der Waals surface area contributed by atoms with Crippen molar-refractivity contribution in [3.63, 3.8) is 0 Å². The number of carbonyl (C=O) groups is 2. The van der Waals surface area contributed by atoms with E-state index in [-0.39, 0.29) is 26.5 Å². The Bertz CT molecular complexity index is 808. The number of rotatable bonds is 5. The minimum atomic E-state index is -0.796. The number of aryl methyl sites for hydroxylation is 1. The molecule has 0 saturated carbocycles. The summed E-state index contributed by atoms with van der Waals surface area (Å²) in [4.78, 5) is 25.8. The molecule has 0 fully saturated rings. The van der Waals surface area contributed by atoms with E-state index in [1.165, 1.54) is 17.0 Å². The van der Waals surface area contributed by atoms with Gasteiger partial charge in [-0.15, -0.1) is 0 Å². The Labute approximate surface area is 161 Å². The molecule has 0 aromatic heterocycles. The molecule has 0 aliphatic rings. The quantitative estimate of drug-likeness (QED) is 0.536. The van der Waals surface area contributed by atoms with E-state index in [0.29, 0.717) is 6.54 Å². The van der Waals surface area contributed by atoms with Crippen LogP contribution in [0.5, 0.6) is 0 Å². The summed E-state index contributed by atoms with van der Waals surface area (Å²) in [5.74, 6) is -1.14. The van der Waals surface area contributed by atoms with Crippen molar-refractivity contribution in [1.29, 1.82) is 0 Å². The van der Waals surface area contributed by atoms with Crippen LogP contribution >= 0.6 is 34.8 Å². The predicted molar refractivity (Wildman–Crippen MR) is 99.4 cm³/mol. The van der Waals surface area contributed by atoms with Gasteiger partial charge < -0.3 is 9.64 Å². The number of amides is 1. The van der Waals surface area contributed by atoms with Crippen molar-refractivity contribution in [2.24, 2.45) is 0 Å². The first-order chi connectivity index (χ1) is 11.8. The summed E-state index contributed by atoms with van der Waals surface area (Å²) in [5.41, 5.74) is 2.05. The van der Waals surface area contributed by atoms with E-state index >= 15 is 0 Å². The molecule has 1 amide bonds. The second kappa shape index (κ2) is 8.56. The smallest absolute Gasteiger partial charge is 0.341 e. The molecule has 0 aliphatic carbocycles. The summed E-state index contributed by atoms with van der Waals surface area (Å²) in [5, 5.41) is 0.293. The minimum Gasteiger partial charge on any atom is -0.452 e. The summed E-state index contributed by atoms with van der Waals surface area (Å²) < 4.78 is 5.04. The van der Waals surface area contributed by atoms with Crippen LogP contribution in [0.25, 0.3) is 0 Å². The lowest BCUT2D eigenvalue weighted by atomic mass is 10.1. The molecule has 0 aliphatic heterocycles. The maximum atomic E-state index is 12.2. The molecule has 25 heavy (non-hydrogen) atoms. The highest BCUT2D eigenvalue weighted by Gasteiger charge is 2.20. The first-order valence-electron chi connectivity index (χ1n) is 7.40. The fourth-order valence-electron chi connectivity index (χ4n) is 2.16. The number of carbonyl (C=O) groups excluding carboxylic acids is 2. The first kappa shape index (κ1) is 19.6. The fourth-order valence-corrected chi connectivity index (χ4v) is 2.84. The molecule has 0 saturated heterocycles. The summed E-state index contributed by atoms with van der Waals surface area (Å²) >= 11 is 17.8. The number of nitrogens with zero attached hydrogens (tertiary/aromatic N) is 1. The van der Waals surface area contributed by atoms with Crippen molar-refractivity contribution in [3.8, 4) is 0 Å². The Balaban J connectivity index is 1.99. The molecule has 2 aromatic rings. The van der Waals surface area contributed by atoms with Crippen molar-refractivity contribution in [2.45, 2.75) is 13.5 Å². The van der Waals surface area contributed by atoms with Crippen LogP contribution < -0.4 is 0 Å². The lowest BCUT2D eigenvalue weighted by Gasteiger charge is -2.18. The van der Waals surface area contributed by atoms with Crippen LogP contribution in [0.1, 0.15) is 21.5 Å². The Kier molecular flexibility index (Phi) is 6.71. The van der Waals surface area contributed by atoms with E-state index in [2.05, 4.69) is 0 Å². The van der Waals surface area contributed by atoms with Gasteiger partial charge in [0.05, 0.1) is 20.6 Å². The molecule has 0 spiro atoms. The second-order valence-electron chi connectivity index (χ2n) is 5.47. The highest BCUT2D eigenvalue weighted by molar-refractivity contribution is 6.46. The van der Waals surface area contributed by atoms with Crippen LogP contribution in [0.2, 0.25) is 15.1 Å². The van der Waals surface area contributed by atoms with Crippen LogP contribution in [-0.4, -0.2) is 30.4 Å². The average molecular weight is 401 g/mol. The Morgan fingerprint density at radius 3 is 2.36 bits per heavy atom. The molecule has 0 N–H and O–H groups in total. The highest BCUT2D eigenvalue weighted by Crippen LogP contribution is 2.31. The molecule has 0 bridgehead atoms. The normalized spacial score (nSPS) is 10.4. The van der Waals surface area contributed by atoms with Crippen LogP contribution in [-0.2, 0) is 16.1 Å². The Morgan fingerprint density at radius 2 is 1.68 bits per heavy atom. The lowest BCUT2D eigenvalue weighted by Crippen LogP contribution is -2.31. The van der Waals surface area contributed by atoms with Gasteiger partial charge in [-0.1, -0.05) is 59.1 Å². The van der Waals surface area contributed by atoms with Crippen LogP contribution in [0.15, 0.2) is 36.4 Å². The predicted octanol–water partition coefficient (Wildman–Crippen LogP) is 4.77. The van der Waals surface area contributed by atoms with Gasteiger partial charge in [-0.2, -0.15) is 0 Å². The van der Waals surface area contributed by atoms with E-state index in [0.717, 1.165) is 11.1 Å². The van der Waals surface area contributed by atoms with Gasteiger partial charge in [0.2, 0.25) is 0 Å². The van der Waals surface area contributed by atoms with Crippen molar-refractivity contribution in [2.75, 3.05) is 13.7 Å². The van der Waals surface area contributed by atoms with Gasteiger partial charge in [0.1, 0.15) is 0 Å². The summed E-state index contributed by atoms with van der Waals surface area (Å²) in [6.45, 7) is 1.97. The summed E-state index contributed by atoms with van der Waals surface area (Å²) in [6.07, 6.45) is 0. The third-order valence-corrected chi connectivity index (χ3v) is 4.79. The summed E-state index contributed by atoms with van der Waals surface area (Å²) in [6, 6.07) is 10.7. The van der Waals surface area contributed by atoms with Gasteiger partial charge in [-0.05, 0) is 30.2 Å². The van der Waals surface area contributed by atoms with Crippen molar-refractivity contribution in [3.05, 3.63) is 68.2 Å². The van der Waals surface area contributed by atoms with Crippen molar-refractivity contribution < 1.29 is 14.3 Å². The molecule has 2 rings (SSSR count). The first-order valence-corrected chi connectivity index (χ1v) is 8.53. The molecular formula is C18H16Cl3NO3. The van der Waals surface area contributed by atoms with E-state index in [1.807, 2.05) is 31.2 Å². The molecule has 7 heteroatoms. The van der Waals surface area contributed by atoms with Gasteiger partial charge in [0.15, 0.2) is 6.61 Å². The number of benzene rings is 2. The topological polar surface area (TPSA) is 46.6 Å². The standard InChI is InChI=1S/C18H16Cl3NO3/c1-11-5-3-4-6-12(11)9-22(2)15(23)10-25-18(24)16-13(19)7-8-14(20)17(16)21/h3-8H,9-10H2,1-2H3. The van der Waals surface area contributed by atoms with E-state index in [4.69, 9.17) is 39.5 Å². The second-order valence-corrected chi connectivity index (χ2v) is 6.66.